The van der Waals surface area contributed by atoms with Gasteiger partial charge in [-0.05, 0) is 28.9 Å². The predicted octanol–water partition coefficient (Wildman–Crippen LogP) is 2.51. The van der Waals surface area contributed by atoms with Gasteiger partial charge in [0.05, 0.1) is 22.7 Å². The van der Waals surface area contributed by atoms with Gasteiger partial charge in [-0.2, -0.15) is 10.5 Å². The highest BCUT2D eigenvalue weighted by atomic mass is 79.9. The zero-order valence-electron chi connectivity index (χ0n) is 7.76. The van der Waals surface area contributed by atoms with Gasteiger partial charge in [0.15, 0.2) is 0 Å². The summed E-state index contributed by atoms with van der Waals surface area (Å²) in [4.78, 5) is 0. The summed E-state index contributed by atoms with van der Waals surface area (Å²) >= 11 is 3.22. The topological polar surface area (TPSA) is 56.8 Å². The smallest absolute Gasteiger partial charge is 0.124 e. The molecular weight excluding hydrogens is 244 g/mol. The molecule has 0 aromatic heterocycles. The lowest BCUT2D eigenvalue weighted by molar-refractivity contribution is 0.411. The van der Waals surface area contributed by atoms with Crippen LogP contribution in [0.15, 0.2) is 10.5 Å². The van der Waals surface area contributed by atoms with E-state index in [1.165, 1.54) is 7.11 Å². The summed E-state index contributed by atoms with van der Waals surface area (Å²) in [6, 6.07) is 5.64. The minimum atomic E-state index is 0.406. The van der Waals surface area contributed by atoms with Crippen LogP contribution in [0, 0.1) is 29.6 Å². The second-order valence-corrected chi connectivity index (χ2v) is 3.46. The third-order valence-corrected chi connectivity index (χ3v) is 2.75. The van der Waals surface area contributed by atoms with Gasteiger partial charge in [0, 0.05) is 5.56 Å². The Hall–Kier alpha value is -1.52. The van der Waals surface area contributed by atoms with Gasteiger partial charge >= 0.3 is 0 Å². The normalized spacial score (nSPS) is 8.93. The number of halogens is 1. The first kappa shape index (κ1) is 10.6. The highest BCUT2D eigenvalue weighted by Gasteiger charge is 2.13. The Morgan fingerprint density at radius 1 is 1.36 bits per heavy atom. The average molecular weight is 251 g/mol. The van der Waals surface area contributed by atoms with E-state index < -0.39 is 0 Å². The standard InChI is InChI=1S/C10H7BrN2O/c1-6-8(5-13)10(11)7(4-12)3-9(6)14-2/h3H,1-2H3. The molecule has 0 spiro atoms. The van der Waals surface area contributed by atoms with E-state index in [9.17, 15) is 0 Å². The summed E-state index contributed by atoms with van der Waals surface area (Å²) in [5.41, 5.74) is 1.59. The van der Waals surface area contributed by atoms with Crippen molar-refractivity contribution in [2.75, 3.05) is 7.11 Å². The highest BCUT2D eigenvalue weighted by Crippen LogP contribution is 2.31. The van der Waals surface area contributed by atoms with Crippen molar-refractivity contribution in [2.45, 2.75) is 6.92 Å². The molecule has 70 valence electrons. The van der Waals surface area contributed by atoms with E-state index in [0.717, 1.165) is 5.56 Å². The molecule has 0 bridgehead atoms. The second-order valence-electron chi connectivity index (χ2n) is 2.66. The van der Waals surface area contributed by atoms with Crippen LogP contribution in [0.25, 0.3) is 0 Å². The molecule has 0 amide bonds. The van der Waals surface area contributed by atoms with Crippen molar-refractivity contribution < 1.29 is 4.74 Å². The van der Waals surface area contributed by atoms with E-state index in [1.807, 2.05) is 12.1 Å². The number of ether oxygens (including phenoxy) is 1. The molecule has 0 N–H and O–H groups in total. The Kier molecular flexibility index (Phi) is 3.11. The van der Waals surface area contributed by atoms with E-state index in [-0.39, 0.29) is 0 Å². The monoisotopic (exact) mass is 250 g/mol. The fourth-order valence-corrected chi connectivity index (χ4v) is 1.74. The number of nitrogens with zero attached hydrogens (tertiary/aromatic N) is 2. The zero-order valence-corrected chi connectivity index (χ0v) is 9.34. The number of nitriles is 2. The van der Waals surface area contributed by atoms with E-state index >= 15 is 0 Å². The molecule has 0 fully saturated rings. The van der Waals surface area contributed by atoms with Crippen molar-refractivity contribution in [1.29, 1.82) is 10.5 Å². The van der Waals surface area contributed by atoms with Crippen LogP contribution in [-0.4, -0.2) is 7.11 Å². The quantitative estimate of drug-likeness (QED) is 0.770. The minimum absolute atomic E-state index is 0.406. The van der Waals surface area contributed by atoms with Crippen molar-refractivity contribution in [2.24, 2.45) is 0 Å². The Morgan fingerprint density at radius 2 is 2.00 bits per heavy atom. The SMILES string of the molecule is COc1cc(C#N)c(Br)c(C#N)c1C. The summed E-state index contributed by atoms with van der Waals surface area (Å²) in [6.07, 6.45) is 0. The van der Waals surface area contributed by atoms with Gasteiger partial charge in [0.1, 0.15) is 17.9 Å². The van der Waals surface area contributed by atoms with Gasteiger partial charge in [0.2, 0.25) is 0 Å². The predicted molar refractivity (Wildman–Crippen MR) is 54.9 cm³/mol. The summed E-state index contributed by atoms with van der Waals surface area (Å²) in [7, 11) is 1.51. The highest BCUT2D eigenvalue weighted by molar-refractivity contribution is 9.10. The fraction of sp³-hybridized carbons (Fsp3) is 0.200. The molecule has 14 heavy (non-hydrogen) atoms. The lowest BCUT2D eigenvalue weighted by Gasteiger charge is -2.08. The maximum atomic E-state index is 8.89. The molecule has 1 aromatic rings. The molecular formula is C10H7BrN2O. The van der Waals surface area contributed by atoms with Gasteiger partial charge in [0.25, 0.3) is 0 Å². The molecule has 0 aliphatic carbocycles. The fourth-order valence-electron chi connectivity index (χ4n) is 1.15. The molecule has 0 unspecified atom stereocenters. The van der Waals surface area contributed by atoms with Gasteiger partial charge in [-0.25, -0.2) is 0 Å². The van der Waals surface area contributed by atoms with Crippen LogP contribution in [0.4, 0.5) is 0 Å². The van der Waals surface area contributed by atoms with Crippen LogP contribution in [0.5, 0.6) is 5.75 Å². The van der Waals surface area contributed by atoms with Gasteiger partial charge in [-0.1, -0.05) is 0 Å². The Morgan fingerprint density at radius 3 is 2.43 bits per heavy atom. The third-order valence-electron chi connectivity index (χ3n) is 1.93. The van der Waals surface area contributed by atoms with Gasteiger partial charge in [-0.3, -0.25) is 0 Å². The first-order valence-corrected chi connectivity index (χ1v) is 4.62. The first-order chi connectivity index (χ1) is 6.65. The maximum absolute atomic E-state index is 8.89. The number of rotatable bonds is 1. The van der Waals surface area contributed by atoms with E-state index in [1.54, 1.807) is 13.0 Å². The molecule has 0 atom stereocenters. The number of benzene rings is 1. The van der Waals surface area contributed by atoms with Crippen molar-refractivity contribution in [3.63, 3.8) is 0 Å². The molecule has 3 nitrogen and oxygen atoms in total. The molecule has 0 heterocycles. The van der Waals surface area contributed by atoms with Crippen LogP contribution < -0.4 is 4.74 Å². The zero-order chi connectivity index (χ0) is 10.7. The van der Waals surface area contributed by atoms with Crippen LogP contribution in [-0.2, 0) is 0 Å². The van der Waals surface area contributed by atoms with E-state index in [4.69, 9.17) is 15.3 Å². The van der Waals surface area contributed by atoms with Crippen LogP contribution >= 0.6 is 15.9 Å². The first-order valence-electron chi connectivity index (χ1n) is 3.83. The van der Waals surface area contributed by atoms with E-state index in [0.29, 0.717) is 21.3 Å². The van der Waals surface area contributed by atoms with Crippen LogP contribution in [0.3, 0.4) is 0 Å². The van der Waals surface area contributed by atoms with E-state index in [2.05, 4.69) is 15.9 Å². The second kappa shape index (κ2) is 4.13. The molecule has 1 rings (SSSR count). The van der Waals surface area contributed by atoms with Crippen LogP contribution in [0.2, 0.25) is 0 Å². The largest absolute Gasteiger partial charge is 0.496 e. The molecule has 0 saturated carbocycles. The Labute approximate surface area is 90.7 Å². The van der Waals surface area contributed by atoms with Crippen LogP contribution in [0.1, 0.15) is 16.7 Å². The van der Waals surface area contributed by atoms with Crippen molar-refractivity contribution in [3.8, 4) is 17.9 Å². The van der Waals surface area contributed by atoms with Crippen molar-refractivity contribution in [1.82, 2.24) is 0 Å². The molecule has 0 aliphatic heterocycles. The van der Waals surface area contributed by atoms with Gasteiger partial charge in [-0.15, -0.1) is 0 Å². The summed E-state index contributed by atoms with van der Waals surface area (Å²) in [5.74, 6) is 0.557. The van der Waals surface area contributed by atoms with Gasteiger partial charge < -0.3 is 4.74 Å². The molecule has 1 aromatic carbocycles. The Bertz CT molecular complexity index is 455. The lowest BCUT2D eigenvalue weighted by Crippen LogP contribution is -1.94. The summed E-state index contributed by atoms with van der Waals surface area (Å²) < 4.78 is 5.59. The average Bonchev–Trinajstić information content (AvgIpc) is 2.19. The molecule has 0 saturated heterocycles. The summed E-state index contributed by atoms with van der Waals surface area (Å²) in [6.45, 7) is 1.78. The third kappa shape index (κ3) is 1.57. The maximum Gasteiger partial charge on any atom is 0.124 e. The molecule has 4 heteroatoms. The number of hydrogen-bond donors (Lipinski definition) is 0. The number of methoxy groups -OCH3 is 1. The van der Waals surface area contributed by atoms with Crippen molar-refractivity contribution >= 4 is 15.9 Å². The molecule has 0 aliphatic rings. The summed E-state index contributed by atoms with van der Waals surface area (Å²) in [5, 5.41) is 17.7. The Balaban J connectivity index is 3.59. The minimum Gasteiger partial charge on any atom is -0.496 e. The molecule has 0 radical (unpaired) electrons. The lowest BCUT2D eigenvalue weighted by atomic mass is 10.1. The van der Waals surface area contributed by atoms with Crippen molar-refractivity contribution in [3.05, 3.63) is 27.2 Å². The number of hydrogen-bond acceptors (Lipinski definition) is 3.